The molecular weight excluding hydrogens is 250 g/mol. The van der Waals surface area contributed by atoms with E-state index < -0.39 is 5.54 Å². The number of aliphatic hydroxyl groups is 2. The first-order valence-corrected chi connectivity index (χ1v) is 6.23. The zero-order valence-electron chi connectivity index (χ0n) is 11.3. The van der Waals surface area contributed by atoms with E-state index in [1.54, 1.807) is 0 Å². The minimum atomic E-state index is -0.893. The topological polar surface area (TPSA) is 126 Å². The second-order valence-corrected chi connectivity index (χ2v) is 4.22. The summed E-state index contributed by atoms with van der Waals surface area (Å²) in [5.41, 5.74) is 4.67. The van der Waals surface area contributed by atoms with Crippen molar-refractivity contribution in [3.05, 3.63) is 0 Å². The predicted molar refractivity (Wildman–Crippen MR) is 70.8 cm³/mol. The van der Waals surface area contributed by atoms with Crippen molar-refractivity contribution in [2.45, 2.75) is 32.2 Å². The molecule has 0 saturated heterocycles. The van der Waals surface area contributed by atoms with Crippen LogP contribution >= 0.6 is 0 Å². The maximum atomic E-state index is 9.36. The molecule has 0 amide bonds. The minimum Gasteiger partial charge on any atom is -0.463 e. The van der Waals surface area contributed by atoms with Crippen LogP contribution in [0.1, 0.15) is 26.7 Å². The minimum absolute atomic E-state index is 0.0180. The summed E-state index contributed by atoms with van der Waals surface area (Å²) in [4.78, 5) is 11.8. The van der Waals surface area contributed by atoms with Gasteiger partial charge in [0.05, 0.1) is 25.4 Å². The Kier molecular flexibility index (Phi) is 5.71. The second kappa shape index (κ2) is 7.05. The molecule has 0 radical (unpaired) electrons. The van der Waals surface area contributed by atoms with Gasteiger partial charge in [0.2, 0.25) is 11.9 Å². The molecule has 0 atom stereocenters. The maximum Gasteiger partial charge on any atom is 0.323 e. The Labute approximate surface area is 112 Å². The summed E-state index contributed by atoms with van der Waals surface area (Å²) in [5.74, 6) is 0.188. The van der Waals surface area contributed by atoms with E-state index in [1.807, 2.05) is 13.8 Å². The third-order valence-corrected chi connectivity index (χ3v) is 2.73. The summed E-state index contributed by atoms with van der Waals surface area (Å²) < 4.78 is 5.28. The van der Waals surface area contributed by atoms with E-state index in [9.17, 15) is 10.2 Å². The number of nitrogen functional groups attached to an aromatic ring is 1. The van der Waals surface area contributed by atoms with Crippen LogP contribution < -0.4 is 15.8 Å². The summed E-state index contributed by atoms with van der Waals surface area (Å²) in [5, 5.41) is 21.6. The molecule has 1 heterocycles. The van der Waals surface area contributed by atoms with Crippen LogP contribution in [0.15, 0.2) is 0 Å². The van der Waals surface area contributed by atoms with Gasteiger partial charge in [0.1, 0.15) is 0 Å². The molecule has 0 bridgehead atoms. The summed E-state index contributed by atoms with van der Waals surface area (Å²) in [7, 11) is 0. The fourth-order valence-electron chi connectivity index (χ4n) is 1.36. The smallest absolute Gasteiger partial charge is 0.323 e. The van der Waals surface area contributed by atoms with Crippen molar-refractivity contribution in [3.8, 4) is 6.01 Å². The van der Waals surface area contributed by atoms with Crippen molar-refractivity contribution >= 4 is 11.9 Å². The summed E-state index contributed by atoms with van der Waals surface area (Å²) in [6, 6.07) is 0.123. The number of rotatable bonds is 8. The van der Waals surface area contributed by atoms with Crippen LogP contribution in [0.3, 0.4) is 0 Å². The highest BCUT2D eigenvalue weighted by molar-refractivity contribution is 5.35. The number of nitrogens with two attached hydrogens (primary N) is 1. The number of hydrogen-bond donors (Lipinski definition) is 4. The Morgan fingerprint density at radius 2 is 1.89 bits per heavy atom. The monoisotopic (exact) mass is 271 g/mol. The lowest BCUT2D eigenvalue weighted by Crippen LogP contribution is -2.45. The molecule has 1 aromatic heterocycles. The van der Waals surface area contributed by atoms with Crippen LogP contribution in [0.25, 0.3) is 0 Å². The van der Waals surface area contributed by atoms with Gasteiger partial charge in [0.15, 0.2) is 0 Å². The number of aromatic nitrogens is 3. The molecule has 19 heavy (non-hydrogen) atoms. The summed E-state index contributed by atoms with van der Waals surface area (Å²) >= 11 is 0. The maximum absolute atomic E-state index is 9.36. The average molecular weight is 271 g/mol. The Bertz CT molecular complexity index is 390. The van der Waals surface area contributed by atoms with Crippen molar-refractivity contribution in [2.75, 3.05) is 30.9 Å². The van der Waals surface area contributed by atoms with Crippen molar-refractivity contribution in [2.24, 2.45) is 0 Å². The highest BCUT2D eigenvalue weighted by atomic mass is 16.5. The molecule has 0 spiro atoms. The number of ether oxygens (including phenoxy) is 1. The van der Waals surface area contributed by atoms with Gasteiger partial charge in [0.25, 0.3) is 0 Å². The quantitative estimate of drug-likeness (QED) is 0.511. The van der Waals surface area contributed by atoms with Crippen molar-refractivity contribution in [3.63, 3.8) is 0 Å². The van der Waals surface area contributed by atoms with Gasteiger partial charge in [-0.3, -0.25) is 0 Å². The first-order chi connectivity index (χ1) is 9.09. The van der Waals surface area contributed by atoms with Crippen LogP contribution in [0, 0.1) is 0 Å². The molecule has 0 saturated carbocycles. The van der Waals surface area contributed by atoms with E-state index in [-0.39, 0.29) is 31.1 Å². The molecule has 0 fully saturated rings. The van der Waals surface area contributed by atoms with Gasteiger partial charge in [0, 0.05) is 0 Å². The van der Waals surface area contributed by atoms with Crippen molar-refractivity contribution in [1.82, 2.24) is 15.0 Å². The Balaban J connectivity index is 2.90. The van der Waals surface area contributed by atoms with Gasteiger partial charge >= 0.3 is 6.01 Å². The molecule has 5 N–H and O–H groups in total. The number of aliphatic hydroxyl groups excluding tert-OH is 2. The van der Waals surface area contributed by atoms with E-state index in [2.05, 4.69) is 20.3 Å². The average Bonchev–Trinajstić information content (AvgIpc) is 2.42. The molecule has 8 nitrogen and oxygen atoms in total. The first-order valence-electron chi connectivity index (χ1n) is 6.23. The van der Waals surface area contributed by atoms with E-state index in [0.29, 0.717) is 13.0 Å². The summed E-state index contributed by atoms with van der Waals surface area (Å²) in [6.07, 6.45) is 1.32. The van der Waals surface area contributed by atoms with Gasteiger partial charge in [-0.05, 0) is 12.8 Å². The molecule has 0 aliphatic rings. The summed E-state index contributed by atoms with van der Waals surface area (Å²) in [6.45, 7) is 3.76. The van der Waals surface area contributed by atoms with Crippen LogP contribution in [-0.4, -0.2) is 50.5 Å². The number of hydrogen-bond acceptors (Lipinski definition) is 8. The molecular formula is C11H21N5O3. The van der Waals surface area contributed by atoms with E-state index in [4.69, 9.17) is 10.5 Å². The molecule has 0 aliphatic carbocycles. The number of anilines is 2. The van der Waals surface area contributed by atoms with E-state index >= 15 is 0 Å². The Morgan fingerprint density at radius 3 is 2.42 bits per heavy atom. The predicted octanol–water partition coefficient (Wildman–Crippen LogP) is -0.212. The van der Waals surface area contributed by atoms with Crippen LogP contribution in [0.2, 0.25) is 0 Å². The molecule has 1 aromatic rings. The first kappa shape index (κ1) is 15.4. The lowest BCUT2D eigenvalue weighted by molar-refractivity contribution is 0.132. The fourth-order valence-corrected chi connectivity index (χ4v) is 1.36. The van der Waals surface area contributed by atoms with Gasteiger partial charge in [-0.15, -0.1) is 0 Å². The third-order valence-electron chi connectivity index (χ3n) is 2.73. The lowest BCUT2D eigenvalue weighted by Gasteiger charge is -2.29. The molecule has 1 rings (SSSR count). The van der Waals surface area contributed by atoms with Gasteiger partial charge in [-0.1, -0.05) is 13.8 Å². The molecule has 8 heteroatoms. The van der Waals surface area contributed by atoms with Crippen molar-refractivity contribution in [1.29, 1.82) is 0 Å². The zero-order valence-corrected chi connectivity index (χ0v) is 11.3. The molecule has 0 unspecified atom stereocenters. The van der Waals surface area contributed by atoms with Crippen molar-refractivity contribution < 1.29 is 14.9 Å². The van der Waals surface area contributed by atoms with Crippen LogP contribution in [0.5, 0.6) is 6.01 Å². The SMILES string of the molecule is CCCOc1nc(N)nc(NC(CC)(CO)CO)n1. The highest BCUT2D eigenvalue weighted by Crippen LogP contribution is 2.17. The largest absolute Gasteiger partial charge is 0.463 e. The third kappa shape index (κ3) is 4.18. The Morgan fingerprint density at radius 1 is 1.21 bits per heavy atom. The number of nitrogens with zero attached hydrogens (tertiary/aromatic N) is 3. The van der Waals surface area contributed by atoms with Gasteiger partial charge in [-0.2, -0.15) is 15.0 Å². The normalized spacial score (nSPS) is 11.4. The number of nitrogens with one attached hydrogen (secondary N) is 1. The Hall–Kier alpha value is -1.67. The second-order valence-electron chi connectivity index (χ2n) is 4.22. The van der Waals surface area contributed by atoms with E-state index in [0.717, 1.165) is 6.42 Å². The fraction of sp³-hybridized carbons (Fsp3) is 0.727. The molecule has 0 aromatic carbocycles. The van der Waals surface area contributed by atoms with Gasteiger partial charge < -0.3 is 26.0 Å². The molecule has 0 aliphatic heterocycles. The van der Waals surface area contributed by atoms with Crippen LogP contribution in [-0.2, 0) is 0 Å². The standard InChI is InChI=1S/C11H21N5O3/c1-3-5-19-10-14-8(12)13-9(15-10)16-11(4-2,6-17)7-18/h17-18H,3-7H2,1-2H3,(H3,12,13,14,15,16). The zero-order chi connectivity index (χ0) is 14.3. The van der Waals surface area contributed by atoms with Crippen LogP contribution in [0.4, 0.5) is 11.9 Å². The van der Waals surface area contributed by atoms with E-state index in [1.165, 1.54) is 0 Å². The highest BCUT2D eigenvalue weighted by Gasteiger charge is 2.27. The lowest BCUT2D eigenvalue weighted by atomic mass is 9.99. The molecule has 108 valence electrons. The van der Waals surface area contributed by atoms with Gasteiger partial charge in [-0.25, -0.2) is 0 Å².